The molecular formula is C18H15Cl2N3O2S. The van der Waals surface area contributed by atoms with E-state index in [4.69, 9.17) is 23.2 Å². The summed E-state index contributed by atoms with van der Waals surface area (Å²) < 4.78 is 1.70. The third-order valence-corrected chi connectivity index (χ3v) is 5.41. The molecule has 3 rings (SSSR count). The number of aryl methyl sites for hydroxylation is 1. The van der Waals surface area contributed by atoms with Crippen LogP contribution >= 0.6 is 35.0 Å². The predicted molar refractivity (Wildman–Crippen MR) is 106 cm³/mol. The van der Waals surface area contributed by atoms with Crippen LogP contribution in [-0.2, 0) is 11.8 Å². The molecule has 0 radical (unpaired) electrons. The normalized spacial score (nSPS) is 10.7. The molecule has 0 unspecified atom stereocenters. The predicted octanol–water partition coefficient (Wildman–Crippen LogP) is 4.04. The monoisotopic (exact) mass is 407 g/mol. The second kappa shape index (κ2) is 8.03. The highest BCUT2D eigenvalue weighted by molar-refractivity contribution is 8.00. The van der Waals surface area contributed by atoms with Gasteiger partial charge in [-0.1, -0.05) is 41.4 Å². The van der Waals surface area contributed by atoms with Gasteiger partial charge < -0.3 is 4.57 Å². The summed E-state index contributed by atoms with van der Waals surface area (Å²) in [5.74, 6) is -0.642. The smallest absolute Gasteiger partial charge is 0.287 e. The number of nitrogens with zero attached hydrogens (tertiary/aromatic N) is 1. The fourth-order valence-electron chi connectivity index (χ4n) is 2.50. The van der Waals surface area contributed by atoms with Crippen molar-refractivity contribution >= 4 is 57.7 Å². The SMILES string of the molecule is Cn1c(C(=O)NNC(=O)CSc2ccc(Cl)cc2)c(Cl)c2ccccc21. The molecule has 1 aromatic heterocycles. The zero-order valence-corrected chi connectivity index (χ0v) is 16.1. The second-order valence-electron chi connectivity index (χ2n) is 5.48. The van der Waals surface area contributed by atoms with Crippen LogP contribution in [-0.4, -0.2) is 22.1 Å². The summed E-state index contributed by atoms with van der Waals surface area (Å²) in [4.78, 5) is 25.3. The summed E-state index contributed by atoms with van der Waals surface area (Å²) >= 11 is 13.5. The third kappa shape index (κ3) is 3.98. The van der Waals surface area contributed by atoms with Gasteiger partial charge in [0.1, 0.15) is 5.69 Å². The Morgan fingerprint density at radius 1 is 1.04 bits per heavy atom. The van der Waals surface area contributed by atoms with Crippen LogP contribution in [0.25, 0.3) is 10.9 Å². The van der Waals surface area contributed by atoms with E-state index in [0.29, 0.717) is 15.7 Å². The first kappa shape index (κ1) is 18.6. The summed E-state index contributed by atoms with van der Waals surface area (Å²) in [6, 6.07) is 14.6. The van der Waals surface area contributed by atoms with Crippen LogP contribution in [0.4, 0.5) is 0 Å². The topological polar surface area (TPSA) is 63.1 Å². The molecule has 134 valence electrons. The van der Waals surface area contributed by atoms with Crippen molar-refractivity contribution < 1.29 is 9.59 Å². The fraction of sp³-hybridized carbons (Fsp3) is 0.111. The Hall–Kier alpha value is -2.15. The molecule has 0 saturated carbocycles. The minimum absolute atomic E-state index is 0.157. The van der Waals surface area contributed by atoms with Crippen molar-refractivity contribution in [3.63, 3.8) is 0 Å². The van der Waals surface area contributed by atoms with Crippen LogP contribution < -0.4 is 10.9 Å². The average Bonchev–Trinajstić information content (AvgIpc) is 2.90. The Morgan fingerprint density at radius 3 is 2.42 bits per heavy atom. The summed E-state index contributed by atoms with van der Waals surface area (Å²) in [6.45, 7) is 0. The minimum atomic E-state index is -0.474. The van der Waals surface area contributed by atoms with Crippen molar-refractivity contribution in [2.24, 2.45) is 7.05 Å². The minimum Gasteiger partial charge on any atom is -0.338 e. The number of rotatable bonds is 4. The van der Waals surface area contributed by atoms with E-state index in [1.54, 1.807) is 23.7 Å². The largest absolute Gasteiger partial charge is 0.338 e. The number of benzene rings is 2. The fourth-order valence-corrected chi connectivity index (χ4v) is 3.70. The maximum Gasteiger partial charge on any atom is 0.287 e. The zero-order valence-electron chi connectivity index (χ0n) is 13.8. The number of hydrogen-bond donors (Lipinski definition) is 2. The quantitative estimate of drug-likeness (QED) is 0.506. The Balaban J connectivity index is 1.60. The summed E-state index contributed by atoms with van der Waals surface area (Å²) in [6.07, 6.45) is 0. The van der Waals surface area contributed by atoms with Crippen LogP contribution in [0.2, 0.25) is 10.0 Å². The Kier molecular flexibility index (Phi) is 5.76. The number of hydrogen-bond acceptors (Lipinski definition) is 3. The lowest BCUT2D eigenvalue weighted by Crippen LogP contribution is -2.43. The number of para-hydroxylation sites is 1. The van der Waals surface area contributed by atoms with E-state index in [2.05, 4.69) is 10.9 Å². The molecule has 2 amide bonds. The first-order valence-electron chi connectivity index (χ1n) is 7.68. The van der Waals surface area contributed by atoms with Gasteiger partial charge in [-0.05, 0) is 30.3 Å². The van der Waals surface area contributed by atoms with Gasteiger partial charge >= 0.3 is 0 Å². The van der Waals surface area contributed by atoms with Crippen molar-refractivity contribution in [3.05, 3.63) is 64.3 Å². The average molecular weight is 408 g/mol. The molecule has 0 aliphatic heterocycles. The van der Waals surface area contributed by atoms with Gasteiger partial charge in [-0.2, -0.15) is 0 Å². The van der Waals surface area contributed by atoms with Gasteiger partial charge in [0.05, 0.1) is 10.8 Å². The van der Waals surface area contributed by atoms with Crippen LogP contribution in [0.5, 0.6) is 0 Å². The summed E-state index contributed by atoms with van der Waals surface area (Å²) in [5, 5.41) is 1.77. The number of hydrazine groups is 1. The molecule has 0 bridgehead atoms. The molecule has 0 fully saturated rings. The van der Waals surface area contributed by atoms with Crippen molar-refractivity contribution in [2.45, 2.75) is 4.90 Å². The van der Waals surface area contributed by atoms with Crippen molar-refractivity contribution in [3.8, 4) is 0 Å². The molecule has 0 aliphatic carbocycles. The van der Waals surface area contributed by atoms with E-state index < -0.39 is 5.91 Å². The van der Waals surface area contributed by atoms with Gasteiger partial charge in [-0.15, -0.1) is 11.8 Å². The number of nitrogens with one attached hydrogen (secondary N) is 2. The highest BCUT2D eigenvalue weighted by Gasteiger charge is 2.19. The first-order valence-corrected chi connectivity index (χ1v) is 9.42. The molecule has 0 aliphatic rings. The summed E-state index contributed by atoms with van der Waals surface area (Å²) in [5.41, 5.74) is 5.94. The number of carbonyl (C=O) groups excluding carboxylic acids is 2. The molecule has 8 heteroatoms. The number of thioether (sulfide) groups is 1. The third-order valence-electron chi connectivity index (χ3n) is 3.76. The molecule has 3 aromatic rings. The highest BCUT2D eigenvalue weighted by atomic mass is 35.5. The van der Waals surface area contributed by atoms with Gasteiger partial charge in [0, 0.05) is 27.9 Å². The van der Waals surface area contributed by atoms with Crippen LogP contribution in [0.1, 0.15) is 10.5 Å². The van der Waals surface area contributed by atoms with E-state index >= 15 is 0 Å². The second-order valence-corrected chi connectivity index (χ2v) is 7.35. The van der Waals surface area contributed by atoms with E-state index in [9.17, 15) is 9.59 Å². The van der Waals surface area contributed by atoms with E-state index in [1.165, 1.54) is 11.8 Å². The number of fused-ring (bicyclic) bond motifs is 1. The molecular weight excluding hydrogens is 393 g/mol. The van der Waals surface area contributed by atoms with E-state index in [1.807, 2.05) is 36.4 Å². The standard InChI is InChI=1S/C18H15Cl2N3O2S/c1-23-14-5-3-2-4-13(14)16(20)17(23)18(25)22-21-15(24)10-26-12-8-6-11(19)7-9-12/h2-9H,10H2,1H3,(H,21,24)(H,22,25). The molecule has 2 aromatic carbocycles. The lowest BCUT2D eigenvalue weighted by Gasteiger charge is -2.09. The maximum absolute atomic E-state index is 12.4. The Labute approximate surface area is 164 Å². The molecule has 26 heavy (non-hydrogen) atoms. The Bertz CT molecular complexity index is 931. The number of aromatic nitrogens is 1. The molecule has 2 N–H and O–H groups in total. The number of amides is 2. The maximum atomic E-state index is 12.4. The van der Waals surface area contributed by atoms with Gasteiger partial charge in [0.25, 0.3) is 5.91 Å². The van der Waals surface area contributed by atoms with Crippen molar-refractivity contribution in [1.82, 2.24) is 15.4 Å². The molecule has 0 spiro atoms. The van der Waals surface area contributed by atoms with Crippen LogP contribution in [0.15, 0.2) is 53.4 Å². The molecule has 1 heterocycles. The van der Waals surface area contributed by atoms with Crippen molar-refractivity contribution in [1.29, 1.82) is 0 Å². The van der Waals surface area contributed by atoms with Gasteiger partial charge in [-0.25, -0.2) is 0 Å². The lowest BCUT2D eigenvalue weighted by molar-refractivity contribution is -0.119. The number of halogens is 2. The van der Waals surface area contributed by atoms with E-state index in [-0.39, 0.29) is 11.7 Å². The van der Waals surface area contributed by atoms with Crippen molar-refractivity contribution in [2.75, 3.05) is 5.75 Å². The number of carbonyl (C=O) groups is 2. The van der Waals surface area contributed by atoms with Gasteiger partial charge in [0.15, 0.2) is 0 Å². The van der Waals surface area contributed by atoms with Gasteiger partial charge in [-0.3, -0.25) is 20.4 Å². The lowest BCUT2D eigenvalue weighted by atomic mass is 10.2. The van der Waals surface area contributed by atoms with Crippen LogP contribution in [0, 0.1) is 0 Å². The highest BCUT2D eigenvalue weighted by Crippen LogP contribution is 2.29. The molecule has 0 atom stereocenters. The van der Waals surface area contributed by atoms with E-state index in [0.717, 1.165) is 15.8 Å². The van der Waals surface area contributed by atoms with Gasteiger partial charge in [0.2, 0.25) is 5.91 Å². The summed E-state index contributed by atoms with van der Waals surface area (Å²) in [7, 11) is 1.75. The Morgan fingerprint density at radius 2 is 1.73 bits per heavy atom. The molecule has 5 nitrogen and oxygen atoms in total. The first-order chi connectivity index (χ1) is 12.5. The zero-order chi connectivity index (χ0) is 18.7. The van der Waals surface area contributed by atoms with Crippen LogP contribution in [0.3, 0.4) is 0 Å². The molecule has 0 saturated heterocycles.